The number of rotatable bonds is 1. The lowest BCUT2D eigenvalue weighted by Gasteiger charge is -2.09. The van der Waals surface area contributed by atoms with Crippen molar-refractivity contribution >= 4 is 16.9 Å². The Balaban J connectivity index is 2.24. The molecule has 1 unspecified atom stereocenters. The third kappa shape index (κ3) is 1.87. The van der Waals surface area contributed by atoms with Gasteiger partial charge in [0.15, 0.2) is 0 Å². The van der Waals surface area contributed by atoms with Crippen molar-refractivity contribution in [2.24, 2.45) is 5.73 Å². The van der Waals surface area contributed by atoms with Gasteiger partial charge in [0, 0.05) is 11.4 Å². The fourth-order valence-electron chi connectivity index (χ4n) is 1.32. The smallest absolute Gasteiger partial charge is 0.0901 e. The first-order chi connectivity index (χ1) is 6.25. The SMILES string of the molecule is Cc1nc(C2=CCC(N)C=C2)cs1. The van der Waals surface area contributed by atoms with Gasteiger partial charge in [-0.05, 0) is 18.9 Å². The Hall–Kier alpha value is -0.930. The molecule has 0 fully saturated rings. The second-order valence-corrected chi connectivity index (χ2v) is 4.23. The first kappa shape index (κ1) is 8.66. The Morgan fingerprint density at radius 1 is 1.62 bits per heavy atom. The maximum absolute atomic E-state index is 5.73. The molecule has 2 N–H and O–H groups in total. The fourth-order valence-corrected chi connectivity index (χ4v) is 1.94. The van der Waals surface area contributed by atoms with Crippen molar-refractivity contribution in [3.8, 4) is 0 Å². The minimum atomic E-state index is 0.184. The van der Waals surface area contributed by atoms with Crippen molar-refractivity contribution in [1.29, 1.82) is 0 Å². The predicted octanol–water partition coefficient (Wildman–Crippen LogP) is 2.12. The van der Waals surface area contributed by atoms with Gasteiger partial charge in [0.05, 0.1) is 10.7 Å². The summed E-state index contributed by atoms with van der Waals surface area (Å²) >= 11 is 1.68. The molecular weight excluding hydrogens is 180 g/mol. The number of hydrogen-bond acceptors (Lipinski definition) is 3. The van der Waals surface area contributed by atoms with Crippen LogP contribution in [0.3, 0.4) is 0 Å². The Kier molecular flexibility index (Phi) is 2.29. The highest BCUT2D eigenvalue weighted by molar-refractivity contribution is 7.09. The summed E-state index contributed by atoms with van der Waals surface area (Å²) in [6.45, 7) is 2.02. The lowest BCUT2D eigenvalue weighted by molar-refractivity contribution is 0.827. The molecule has 1 atom stereocenters. The standard InChI is InChI=1S/C10H12N2S/c1-7-12-10(6-13-7)8-2-4-9(11)5-3-8/h2-4,6,9H,5,11H2,1H3. The zero-order chi connectivity index (χ0) is 9.26. The zero-order valence-corrected chi connectivity index (χ0v) is 8.34. The lowest BCUT2D eigenvalue weighted by Crippen LogP contribution is -2.17. The molecule has 3 heteroatoms. The molecular formula is C10H12N2S. The third-order valence-electron chi connectivity index (χ3n) is 2.05. The molecule has 1 aliphatic rings. The molecule has 0 saturated carbocycles. The molecule has 0 radical (unpaired) electrons. The number of nitrogens with two attached hydrogens (primary N) is 1. The van der Waals surface area contributed by atoms with E-state index in [1.54, 1.807) is 11.3 Å². The summed E-state index contributed by atoms with van der Waals surface area (Å²) in [5.41, 5.74) is 8.01. The average Bonchev–Trinajstić information content (AvgIpc) is 2.53. The largest absolute Gasteiger partial charge is 0.324 e. The highest BCUT2D eigenvalue weighted by Gasteiger charge is 2.07. The highest BCUT2D eigenvalue weighted by Crippen LogP contribution is 2.22. The molecule has 1 aromatic rings. The van der Waals surface area contributed by atoms with Gasteiger partial charge in [-0.1, -0.05) is 18.2 Å². The second kappa shape index (κ2) is 3.44. The number of nitrogens with zero attached hydrogens (tertiary/aromatic N) is 1. The maximum Gasteiger partial charge on any atom is 0.0901 e. The van der Waals surface area contributed by atoms with Crippen LogP contribution in [0.5, 0.6) is 0 Å². The first-order valence-electron chi connectivity index (χ1n) is 4.32. The highest BCUT2D eigenvalue weighted by atomic mass is 32.1. The van der Waals surface area contributed by atoms with Crippen molar-refractivity contribution in [3.05, 3.63) is 34.3 Å². The van der Waals surface area contributed by atoms with Crippen LogP contribution >= 0.6 is 11.3 Å². The number of aromatic nitrogens is 1. The van der Waals surface area contributed by atoms with Gasteiger partial charge in [0.1, 0.15) is 0 Å². The first-order valence-corrected chi connectivity index (χ1v) is 5.20. The molecule has 2 nitrogen and oxygen atoms in total. The van der Waals surface area contributed by atoms with Gasteiger partial charge >= 0.3 is 0 Å². The number of allylic oxidation sites excluding steroid dienone is 2. The van der Waals surface area contributed by atoms with E-state index in [2.05, 4.69) is 22.5 Å². The van der Waals surface area contributed by atoms with Crippen LogP contribution in [-0.4, -0.2) is 11.0 Å². The van der Waals surface area contributed by atoms with E-state index in [-0.39, 0.29) is 6.04 Å². The van der Waals surface area contributed by atoms with Crippen LogP contribution in [0.4, 0.5) is 0 Å². The van der Waals surface area contributed by atoms with Crippen LogP contribution in [0.25, 0.3) is 5.57 Å². The van der Waals surface area contributed by atoms with Crippen LogP contribution in [0.1, 0.15) is 17.1 Å². The van der Waals surface area contributed by atoms with E-state index in [0.29, 0.717) is 0 Å². The lowest BCUT2D eigenvalue weighted by atomic mass is 10.0. The minimum absolute atomic E-state index is 0.184. The van der Waals surface area contributed by atoms with Crippen molar-refractivity contribution in [3.63, 3.8) is 0 Å². The summed E-state index contributed by atoms with van der Waals surface area (Å²) in [7, 11) is 0. The van der Waals surface area contributed by atoms with Gasteiger partial charge in [-0.3, -0.25) is 0 Å². The number of hydrogen-bond donors (Lipinski definition) is 1. The van der Waals surface area contributed by atoms with Crippen LogP contribution in [0.2, 0.25) is 0 Å². The van der Waals surface area contributed by atoms with E-state index in [0.717, 1.165) is 17.1 Å². The molecule has 1 aromatic heterocycles. The summed E-state index contributed by atoms with van der Waals surface area (Å²) in [4.78, 5) is 4.42. The zero-order valence-electron chi connectivity index (χ0n) is 7.53. The van der Waals surface area contributed by atoms with Crippen molar-refractivity contribution in [2.75, 3.05) is 0 Å². The number of aryl methyl sites for hydroxylation is 1. The van der Waals surface area contributed by atoms with Gasteiger partial charge < -0.3 is 5.73 Å². The van der Waals surface area contributed by atoms with Crippen LogP contribution in [-0.2, 0) is 0 Å². The molecule has 2 rings (SSSR count). The topological polar surface area (TPSA) is 38.9 Å². The molecule has 1 aliphatic carbocycles. The van der Waals surface area contributed by atoms with Gasteiger partial charge in [0.25, 0.3) is 0 Å². The number of thiazole rings is 1. The molecule has 0 saturated heterocycles. The van der Waals surface area contributed by atoms with Crippen LogP contribution in [0.15, 0.2) is 23.6 Å². The second-order valence-electron chi connectivity index (χ2n) is 3.17. The Bertz CT molecular complexity index is 363. The van der Waals surface area contributed by atoms with Gasteiger partial charge in [-0.25, -0.2) is 4.98 Å². The minimum Gasteiger partial charge on any atom is -0.324 e. The van der Waals surface area contributed by atoms with E-state index in [9.17, 15) is 0 Å². The van der Waals surface area contributed by atoms with Crippen molar-refractivity contribution < 1.29 is 0 Å². The molecule has 0 aliphatic heterocycles. The van der Waals surface area contributed by atoms with E-state index in [1.807, 2.05) is 13.0 Å². The van der Waals surface area contributed by atoms with E-state index >= 15 is 0 Å². The average molecular weight is 192 g/mol. The quantitative estimate of drug-likeness (QED) is 0.740. The molecule has 0 aromatic carbocycles. The Morgan fingerprint density at radius 2 is 2.46 bits per heavy atom. The molecule has 68 valence electrons. The summed E-state index contributed by atoms with van der Waals surface area (Å²) < 4.78 is 0. The fraction of sp³-hybridized carbons (Fsp3) is 0.300. The summed E-state index contributed by atoms with van der Waals surface area (Å²) in [6, 6.07) is 0.184. The Morgan fingerprint density at radius 3 is 3.00 bits per heavy atom. The molecule has 13 heavy (non-hydrogen) atoms. The summed E-state index contributed by atoms with van der Waals surface area (Å²) in [5.74, 6) is 0. The maximum atomic E-state index is 5.73. The van der Waals surface area contributed by atoms with E-state index in [1.165, 1.54) is 5.57 Å². The molecule has 0 amide bonds. The molecule has 0 spiro atoms. The normalized spacial score (nSPS) is 21.7. The predicted molar refractivity (Wildman–Crippen MR) is 56.6 cm³/mol. The molecule has 1 heterocycles. The van der Waals surface area contributed by atoms with Crippen molar-refractivity contribution in [2.45, 2.75) is 19.4 Å². The van der Waals surface area contributed by atoms with E-state index < -0.39 is 0 Å². The van der Waals surface area contributed by atoms with Gasteiger partial charge in [0.2, 0.25) is 0 Å². The third-order valence-corrected chi connectivity index (χ3v) is 2.82. The van der Waals surface area contributed by atoms with Crippen LogP contribution < -0.4 is 5.73 Å². The summed E-state index contributed by atoms with van der Waals surface area (Å²) in [6.07, 6.45) is 7.16. The Labute approximate surface area is 81.8 Å². The monoisotopic (exact) mass is 192 g/mol. The van der Waals surface area contributed by atoms with Gasteiger partial charge in [-0.15, -0.1) is 11.3 Å². The van der Waals surface area contributed by atoms with Crippen molar-refractivity contribution in [1.82, 2.24) is 4.98 Å². The van der Waals surface area contributed by atoms with Gasteiger partial charge in [-0.2, -0.15) is 0 Å². The van der Waals surface area contributed by atoms with E-state index in [4.69, 9.17) is 5.73 Å². The molecule has 0 bridgehead atoms. The van der Waals surface area contributed by atoms with Crippen LogP contribution in [0, 0.1) is 6.92 Å². The summed E-state index contributed by atoms with van der Waals surface area (Å²) in [5, 5.41) is 3.20.